The summed E-state index contributed by atoms with van der Waals surface area (Å²) in [7, 11) is 0. The first kappa shape index (κ1) is 15.9. The van der Waals surface area contributed by atoms with Crippen LogP contribution < -0.4 is 4.74 Å². The Bertz CT molecular complexity index is 845. The lowest BCUT2D eigenvalue weighted by Gasteiger charge is -2.44. The fraction of sp³-hybridized carbons (Fsp3) is 0.524. The maximum atomic E-state index is 12.1. The molecule has 3 heterocycles. The van der Waals surface area contributed by atoms with Crippen molar-refractivity contribution >= 4 is 5.91 Å². The maximum absolute atomic E-state index is 12.1. The molecule has 0 bridgehead atoms. The summed E-state index contributed by atoms with van der Waals surface area (Å²) >= 11 is 0. The van der Waals surface area contributed by atoms with Crippen LogP contribution in [0.15, 0.2) is 30.6 Å². The number of carbonyl (C=O) groups is 1. The Kier molecular flexibility index (Phi) is 3.59. The SMILES string of the molecule is CCC(=O)N1CCC2(CC1)Oc1ccccc1-c1ncn(CC3CC3)c12. The van der Waals surface area contributed by atoms with Crippen LogP contribution in [0.2, 0.25) is 0 Å². The normalized spacial score (nSPS) is 20.4. The van der Waals surface area contributed by atoms with Crippen molar-refractivity contribution in [3.8, 4) is 17.0 Å². The Hall–Kier alpha value is -2.30. The molecular weight excluding hydrogens is 326 g/mol. The van der Waals surface area contributed by atoms with E-state index in [-0.39, 0.29) is 11.5 Å². The van der Waals surface area contributed by atoms with Gasteiger partial charge in [0.25, 0.3) is 0 Å². The fourth-order valence-electron chi connectivity index (χ4n) is 4.46. The van der Waals surface area contributed by atoms with E-state index in [9.17, 15) is 4.79 Å². The summed E-state index contributed by atoms with van der Waals surface area (Å²) < 4.78 is 8.98. The molecule has 136 valence electrons. The van der Waals surface area contributed by atoms with Crippen LogP contribution in [0.25, 0.3) is 11.3 Å². The van der Waals surface area contributed by atoms with E-state index in [2.05, 4.69) is 10.6 Å². The minimum Gasteiger partial charge on any atom is -0.480 e. The van der Waals surface area contributed by atoms with Crippen molar-refractivity contribution in [1.82, 2.24) is 14.5 Å². The largest absolute Gasteiger partial charge is 0.480 e. The van der Waals surface area contributed by atoms with E-state index < -0.39 is 0 Å². The molecule has 3 aliphatic rings. The van der Waals surface area contributed by atoms with E-state index in [1.165, 1.54) is 18.5 Å². The Morgan fingerprint density at radius 3 is 2.77 bits per heavy atom. The molecule has 1 saturated heterocycles. The first-order chi connectivity index (χ1) is 12.7. The quantitative estimate of drug-likeness (QED) is 0.849. The number of likely N-dealkylation sites (tertiary alicyclic amines) is 1. The van der Waals surface area contributed by atoms with Gasteiger partial charge in [-0.25, -0.2) is 4.98 Å². The summed E-state index contributed by atoms with van der Waals surface area (Å²) in [5.74, 6) is 1.94. The number of fused-ring (bicyclic) bond motifs is 4. The molecule has 0 N–H and O–H groups in total. The molecule has 26 heavy (non-hydrogen) atoms. The lowest BCUT2D eigenvalue weighted by atomic mass is 9.83. The molecule has 1 aliphatic carbocycles. The predicted molar refractivity (Wildman–Crippen MR) is 98.8 cm³/mol. The van der Waals surface area contributed by atoms with Crippen molar-refractivity contribution < 1.29 is 9.53 Å². The van der Waals surface area contributed by atoms with Crippen molar-refractivity contribution in [1.29, 1.82) is 0 Å². The number of hydrogen-bond donors (Lipinski definition) is 0. The summed E-state index contributed by atoms with van der Waals surface area (Å²) in [5.41, 5.74) is 3.03. The van der Waals surface area contributed by atoms with Gasteiger partial charge >= 0.3 is 0 Å². The third kappa shape index (κ3) is 2.44. The predicted octanol–water partition coefficient (Wildman–Crippen LogP) is 3.58. The molecule has 1 spiro atoms. The first-order valence-corrected chi connectivity index (χ1v) is 9.82. The summed E-state index contributed by atoms with van der Waals surface area (Å²) in [4.78, 5) is 18.9. The fourth-order valence-corrected chi connectivity index (χ4v) is 4.46. The average molecular weight is 351 g/mol. The Balaban J connectivity index is 1.55. The van der Waals surface area contributed by atoms with E-state index in [1.54, 1.807) is 0 Å². The summed E-state index contributed by atoms with van der Waals surface area (Å²) in [5, 5.41) is 0. The van der Waals surface area contributed by atoms with Crippen LogP contribution in [0, 0.1) is 5.92 Å². The van der Waals surface area contributed by atoms with Crippen LogP contribution in [0.1, 0.15) is 44.7 Å². The molecule has 1 saturated carbocycles. The minimum atomic E-state index is -0.362. The molecule has 2 aliphatic heterocycles. The monoisotopic (exact) mass is 351 g/mol. The van der Waals surface area contributed by atoms with Crippen LogP contribution in [-0.2, 0) is 16.9 Å². The highest BCUT2D eigenvalue weighted by molar-refractivity contribution is 5.76. The molecule has 0 atom stereocenters. The molecular formula is C21H25N3O2. The Morgan fingerprint density at radius 2 is 2.04 bits per heavy atom. The molecule has 1 aromatic carbocycles. The smallest absolute Gasteiger partial charge is 0.222 e. The van der Waals surface area contributed by atoms with E-state index in [4.69, 9.17) is 9.72 Å². The van der Waals surface area contributed by atoms with Gasteiger partial charge in [-0.3, -0.25) is 4.79 Å². The maximum Gasteiger partial charge on any atom is 0.222 e. The number of nitrogens with zero attached hydrogens (tertiary/aromatic N) is 3. The van der Waals surface area contributed by atoms with Gasteiger partial charge in [-0.05, 0) is 30.9 Å². The second-order valence-electron chi connectivity index (χ2n) is 7.86. The molecule has 2 aromatic rings. The third-order valence-electron chi connectivity index (χ3n) is 6.09. The number of hydrogen-bond acceptors (Lipinski definition) is 3. The number of piperidine rings is 1. The van der Waals surface area contributed by atoms with Crippen molar-refractivity contribution in [2.45, 2.75) is 51.2 Å². The molecule has 1 aromatic heterocycles. The number of benzene rings is 1. The number of para-hydroxylation sites is 1. The van der Waals surface area contributed by atoms with Gasteiger partial charge in [0.1, 0.15) is 5.75 Å². The third-order valence-corrected chi connectivity index (χ3v) is 6.09. The van der Waals surface area contributed by atoms with Crippen LogP contribution in [0.5, 0.6) is 5.75 Å². The zero-order valence-corrected chi connectivity index (χ0v) is 15.3. The number of aromatic nitrogens is 2. The Morgan fingerprint density at radius 1 is 1.27 bits per heavy atom. The number of imidazole rings is 1. The van der Waals surface area contributed by atoms with Crippen molar-refractivity contribution in [2.24, 2.45) is 5.92 Å². The lowest BCUT2D eigenvalue weighted by Crippen LogP contribution is -2.49. The van der Waals surface area contributed by atoms with Crippen molar-refractivity contribution in [3.05, 3.63) is 36.3 Å². The van der Waals surface area contributed by atoms with Crippen molar-refractivity contribution in [3.63, 3.8) is 0 Å². The zero-order valence-electron chi connectivity index (χ0n) is 15.3. The highest BCUT2D eigenvalue weighted by Gasteiger charge is 2.47. The summed E-state index contributed by atoms with van der Waals surface area (Å²) in [6, 6.07) is 8.22. The molecule has 1 amide bonds. The molecule has 0 unspecified atom stereocenters. The molecule has 2 fully saturated rings. The standard InChI is InChI=1S/C21H25N3O2/c1-2-18(25)23-11-9-21(10-12-23)20-19(16-5-3-4-6-17(16)26-21)22-14-24(20)13-15-7-8-15/h3-6,14-15H,2,7-13H2,1H3. The molecule has 5 heteroatoms. The van der Waals surface area contributed by atoms with Gasteiger partial charge < -0.3 is 14.2 Å². The van der Waals surface area contributed by atoms with E-state index in [0.29, 0.717) is 6.42 Å². The number of rotatable bonds is 3. The van der Waals surface area contributed by atoms with Crippen LogP contribution in [-0.4, -0.2) is 33.4 Å². The van der Waals surface area contributed by atoms with Gasteiger partial charge in [0.05, 0.1) is 17.7 Å². The zero-order chi connectivity index (χ0) is 17.7. The molecule has 5 rings (SSSR count). The van der Waals surface area contributed by atoms with Gasteiger partial charge in [-0.15, -0.1) is 0 Å². The van der Waals surface area contributed by atoms with E-state index >= 15 is 0 Å². The lowest BCUT2D eigenvalue weighted by molar-refractivity contribution is -0.134. The summed E-state index contributed by atoms with van der Waals surface area (Å²) in [6.07, 6.45) is 6.86. The van der Waals surface area contributed by atoms with Gasteiger partial charge in [0.2, 0.25) is 5.91 Å². The van der Waals surface area contributed by atoms with Gasteiger partial charge in [0, 0.05) is 44.5 Å². The second-order valence-corrected chi connectivity index (χ2v) is 7.86. The molecule has 0 radical (unpaired) electrons. The van der Waals surface area contributed by atoms with Gasteiger partial charge in [-0.2, -0.15) is 0 Å². The van der Waals surface area contributed by atoms with E-state index in [0.717, 1.165) is 55.4 Å². The summed E-state index contributed by atoms with van der Waals surface area (Å²) in [6.45, 7) is 4.47. The van der Waals surface area contributed by atoms with Gasteiger partial charge in [-0.1, -0.05) is 19.1 Å². The molecule has 5 nitrogen and oxygen atoms in total. The minimum absolute atomic E-state index is 0.239. The Labute approximate surface area is 154 Å². The number of carbonyl (C=O) groups excluding carboxylic acids is 1. The average Bonchev–Trinajstić information content (AvgIpc) is 3.38. The van der Waals surface area contributed by atoms with Gasteiger partial charge in [0.15, 0.2) is 5.60 Å². The van der Waals surface area contributed by atoms with Crippen LogP contribution in [0.3, 0.4) is 0 Å². The van der Waals surface area contributed by atoms with Crippen LogP contribution in [0.4, 0.5) is 0 Å². The topological polar surface area (TPSA) is 47.4 Å². The number of ether oxygens (including phenoxy) is 1. The van der Waals surface area contributed by atoms with Crippen LogP contribution >= 0.6 is 0 Å². The second kappa shape index (κ2) is 5.86. The van der Waals surface area contributed by atoms with Crippen molar-refractivity contribution in [2.75, 3.05) is 13.1 Å². The highest BCUT2D eigenvalue weighted by Crippen LogP contribution is 2.49. The first-order valence-electron chi connectivity index (χ1n) is 9.82. The highest BCUT2D eigenvalue weighted by atomic mass is 16.5. The number of amides is 1. The van der Waals surface area contributed by atoms with E-state index in [1.807, 2.05) is 36.4 Å².